The van der Waals surface area contributed by atoms with E-state index < -0.39 is 10.0 Å². The predicted octanol–water partition coefficient (Wildman–Crippen LogP) is 5.02. The first-order chi connectivity index (χ1) is 12.9. The molecule has 3 atom stereocenters. The van der Waals surface area contributed by atoms with Crippen molar-refractivity contribution in [1.29, 1.82) is 0 Å². The molecule has 3 rings (SSSR count). The Morgan fingerprint density at radius 3 is 2.37 bits per heavy atom. The summed E-state index contributed by atoms with van der Waals surface area (Å²) in [5, 5.41) is 0.0280. The van der Waals surface area contributed by atoms with Crippen molar-refractivity contribution in [2.24, 2.45) is 5.92 Å². The van der Waals surface area contributed by atoms with Crippen LogP contribution in [0.25, 0.3) is 0 Å². The van der Waals surface area contributed by atoms with Gasteiger partial charge in [0.2, 0.25) is 10.0 Å². The van der Waals surface area contributed by atoms with E-state index in [1.807, 2.05) is 37.3 Å². The van der Waals surface area contributed by atoms with Crippen molar-refractivity contribution in [2.75, 3.05) is 6.54 Å². The summed E-state index contributed by atoms with van der Waals surface area (Å²) < 4.78 is 28.5. The van der Waals surface area contributed by atoms with Crippen LogP contribution in [0.4, 0.5) is 0 Å². The van der Waals surface area contributed by atoms with Crippen molar-refractivity contribution < 1.29 is 8.42 Å². The van der Waals surface area contributed by atoms with E-state index in [0.29, 0.717) is 17.9 Å². The fourth-order valence-electron chi connectivity index (χ4n) is 4.07. The van der Waals surface area contributed by atoms with E-state index in [-0.39, 0.29) is 17.3 Å². The Hall–Kier alpha value is -1.36. The van der Waals surface area contributed by atoms with Gasteiger partial charge < -0.3 is 0 Å². The average Bonchev–Trinajstić information content (AvgIpc) is 2.67. The first-order valence-electron chi connectivity index (χ1n) is 9.70. The quantitative estimate of drug-likeness (QED) is 0.632. The summed E-state index contributed by atoms with van der Waals surface area (Å²) in [6, 6.07) is 17.3. The van der Waals surface area contributed by atoms with Gasteiger partial charge in [-0.15, -0.1) is 11.6 Å². The molecule has 1 heterocycles. The highest BCUT2D eigenvalue weighted by atomic mass is 35.5. The van der Waals surface area contributed by atoms with E-state index >= 15 is 0 Å². The Kier molecular flexibility index (Phi) is 6.61. The molecular weight excluding hydrogens is 378 g/mol. The molecule has 0 aromatic heterocycles. The summed E-state index contributed by atoms with van der Waals surface area (Å²) in [6.07, 6.45) is 3.23. The molecule has 2 aromatic rings. The Balaban J connectivity index is 1.89. The number of hydrogen-bond donors (Lipinski definition) is 0. The van der Waals surface area contributed by atoms with E-state index in [2.05, 4.69) is 19.1 Å². The molecule has 1 saturated heterocycles. The van der Waals surface area contributed by atoms with Gasteiger partial charge in [-0.3, -0.25) is 0 Å². The van der Waals surface area contributed by atoms with Crippen LogP contribution in [0.1, 0.15) is 37.3 Å². The van der Waals surface area contributed by atoms with Crippen LogP contribution in [-0.4, -0.2) is 30.7 Å². The van der Waals surface area contributed by atoms with Gasteiger partial charge in [-0.25, -0.2) is 8.42 Å². The zero-order valence-electron chi connectivity index (χ0n) is 16.0. The van der Waals surface area contributed by atoms with E-state index in [1.54, 1.807) is 16.4 Å². The van der Waals surface area contributed by atoms with Crippen LogP contribution in [0.5, 0.6) is 0 Å². The minimum Gasteiger partial charge on any atom is -0.207 e. The Morgan fingerprint density at radius 1 is 1.07 bits per heavy atom. The number of aryl methyl sites for hydroxylation is 2. The lowest BCUT2D eigenvalue weighted by atomic mass is 9.85. The maximum absolute atomic E-state index is 13.4. The molecule has 5 heteroatoms. The molecule has 0 unspecified atom stereocenters. The van der Waals surface area contributed by atoms with Crippen molar-refractivity contribution in [2.45, 2.75) is 55.8 Å². The van der Waals surface area contributed by atoms with E-state index in [1.165, 1.54) is 5.56 Å². The number of hydrogen-bond acceptors (Lipinski definition) is 2. The molecule has 0 N–H and O–H groups in total. The van der Waals surface area contributed by atoms with Crippen LogP contribution in [0, 0.1) is 12.8 Å². The summed E-state index contributed by atoms with van der Waals surface area (Å²) in [7, 11) is -3.52. The molecule has 146 valence electrons. The van der Waals surface area contributed by atoms with Gasteiger partial charge >= 0.3 is 0 Å². The number of benzene rings is 2. The molecule has 0 radical (unpaired) electrons. The second-order valence-corrected chi connectivity index (χ2v) is 9.85. The molecule has 0 saturated carbocycles. The maximum atomic E-state index is 13.4. The molecule has 2 aromatic carbocycles. The van der Waals surface area contributed by atoms with Crippen molar-refractivity contribution in [3.05, 3.63) is 65.7 Å². The van der Waals surface area contributed by atoms with Crippen LogP contribution in [0.15, 0.2) is 59.5 Å². The van der Waals surface area contributed by atoms with E-state index in [4.69, 9.17) is 11.6 Å². The summed E-state index contributed by atoms with van der Waals surface area (Å²) in [5.74, 6) is 0.171. The molecule has 1 fully saturated rings. The number of nitrogens with zero attached hydrogens (tertiary/aromatic N) is 1. The van der Waals surface area contributed by atoms with Gasteiger partial charge in [0.15, 0.2) is 0 Å². The van der Waals surface area contributed by atoms with Crippen LogP contribution in [-0.2, 0) is 16.4 Å². The average molecular weight is 406 g/mol. The first kappa shape index (κ1) is 20.4. The molecule has 0 bridgehead atoms. The van der Waals surface area contributed by atoms with Crippen LogP contribution in [0.3, 0.4) is 0 Å². The van der Waals surface area contributed by atoms with Gasteiger partial charge in [0.25, 0.3) is 0 Å². The number of piperidine rings is 1. The molecule has 27 heavy (non-hydrogen) atoms. The number of halogens is 1. The number of alkyl halides is 1. The van der Waals surface area contributed by atoms with Crippen LogP contribution >= 0.6 is 11.6 Å². The standard InChI is InChI=1S/C22H28ClNO2S/c1-3-20-21(23)15-16-24(22(20)14-11-18-7-5-4-6-8-18)27(25,26)19-12-9-17(2)10-13-19/h4-10,12-13,20-22H,3,11,14-16H2,1-2H3/t20-,21-,22+/m1/s1. The van der Waals surface area contributed by atoms with E-state index in [0.717, 1.165) is 24.8 Å². The Bertz CT molecular complexity index is 836. The van der Waals surface area contributed by atoms with Gasteiger partial charge in [-0.2, -0.15) is 4.31 Å². The summed E-state index contributed by atoms with van der Waals surface area (Å²) in [5.41, 5.74) is 2.29. The highest BCUT2D eigenvalue weighted by Gasteiger charge is 2.41. The maximum Gasteiger partial charge on any atom is 0.243 e. The molecule has 3 nitrogen and oxygen atoms in total. The van der Waals surface area contributed by atoms with Gasteiger partial charge in [0.1, 0.15) is 0 Å². The van der Waals surface area contributed by atoms with Gasteiger partial charge in [0.05, 0.1) is 4.90 Å². The summed E-state index contributed by atoms with van der Waals surface area (Å²) in [6.45, 7) is 4.56. The summed E-state index contributed by atoms with van der Waals surface area (Å²) in [4.78, 5) is 0.376. The molecule has 1 aliphatic rings. The normalized spacial score (nSPS) is 24.0. The topological polar surface area (TPSA) is 37.4 Å². The first-order valence-corrected chi connectivity index (χ1v) is 11.6. The lowest BCUT2D eigenvalue weighted by molar-refractivity contribution is 0.165. The van der Waals surface area contributed by atoms with Crippen molar-refractivity contribution in [1.82, 2.24) is 4.31 Å². The second-order valence-electron chi connectivity index (χ2n) is 7.40. The highest BCUT2D eigenvalue weighted by molar-refractivity contribution is 7.89. The Labute approximate surface area is 168 Å². The lowest BCUT2D eigenvalue weighted by Gasteiger charge is -2.42. The molecule has 1 aliphatic heterocycles. The van der Waals surface area contributed by atoms with Crippen molar-refractivity contribution in [3.8, 4) is 0 Å². The minimum atomic E-state index is -3.52. The van der Waals surface area contributed by atoms with Gasteiger partial charge in [0, 0.05) is 18.0 Å². The summed E-state index contributed by atoms with van der Waals surface area (Å²) >= 11 is 6.62. The zero-order chi connectivity index (χ0) is 19.4. The van der Waals surface area contributed by atoms with Crippen molar-refractivity contribution in [3.63, 3.8) is 0 Å². The number of rotatable bonds is 6. The zero-order valence-corrected chi connectivity index (χ0v) is 17.6. The third-order valence-electron chi connectivity index (χ3n) is 5.62. The van der Waals surface area contributed by atoms with Crippen LogP contribution < -0.4 is 0 Å². The minimum absolute atomic E-state index is 0.0280. The fourth-order valence-corrected chi connectivity index (χ4v) is 6.23. The SMILES string of the molecule is CC[C@@H]1[C@H](Cl)CCN(S(=O)(=O)c2ccc(C)cc2)[C@H]1CCc1ccccc1. The lowest BCUT2D eigenvalue weighted by Crippen LogP contribution is -2.52. The molecule has 0 aliphatic carbocycles. The number of sulfonamides is 1. The Morgan fingerprint density at radius 2 is 1.74 bits per heavy atom. The predicted molar refractivity (Wildman–Crippen MR) is 112 cm³/mol. The van der Waals surface area contributed by atoms with Gasteiger partial charge in [-0.1, -0.05) is 61.4 Å². The smallest absolute Gasteiger partial charge is 0.207 e. The van der Waals surface area contributed by atoms with E-state index in [9.17, 15) is 8.42 Å². The third-order valence-corrected chi connectivity index (χ3v) is 8.11. The van der Waals surface area contributed by atoms with Gasteiger partial charge in [-0.05, 0) is 49.8 Å². The van der Waals surface area contributed by atoms with Crippen LogP contribution in [0.2, 0.25) is 0 Å². The second kappa shape index (κ2) is 8.76. The monoisotopic (exact) mass is 405 g/mol. The molecular formula is C22H28ClNO2S. The fraction of sp³-hybridized carbons (Fsp3) is 0.455. The largest absolute Gasteiger partial charge is 0.243 e. The molecule has 0 spiro atoms. The van der Waals surface area contributed by atoms with Crippen molar-refractivity contribution >= 4 is 21.6 Å². The highest BCUT2D eigenvalue weighted by Crippen LogP contribution is 2.36. The molecule has 0 amide bonds. The third kappa shape index (κ3) is 4.56.